The second-order valence-electron chi connectivity index (χ2n) is 6.22. The molecule has 1 saturated heterocycles. The number of nitrogens with zero attached hydrogens (tertiary/aromatic N) is 1. The second-order valence-corrected chi connectivity index (χ2v) is 6.22. The van der Waals surface area contributed by atoms with Crippen LogP contribution in [0, 0.1) is 0 Å². The lowest BCUT2D eigenvalue weighted by Gasteiger charge is -2.25. The fourth-order valence-electron chi connectivity index (χ4n) is 2.85. The molecule has 7 nitrogen and oxygen atoms in total. The molecule has 1 aromatic carbocycles. The van der Waals surface area contributed by atoms with Gasteiger partial charge in [0.05, 0.1) is 25.7 Å². The Labute approximate surface area is 160 Å². The lowest BCUT2D eigenvalue weighted by molar-refractivity contribution is -0.144. The Bertz CT molecular complexity index is 583. The molecule has 1 amide bonds. The summed E-state index contributed by atoms with van der Waals surface area (Å²) in [5.74, 6) is 0.860. The molecule has 0 bridgehead atoms. The van der Waals surface area contributed by atoms with Gasteiger partial charge in [0.25, 0.3) is 5.91 Å². The van der Waals surface area contributed by atoms with Gasteiger partial charge in [-0.3, -0.25) is 9.59 Å². The van der Waals surface area contributed by atoms with Crippen molar-refractivity contribution in [2.24, 2.45) is 0 Å². The van der Waals surface area contributed by atoms with Gasteiger partial charge in [-0.15, -0.1) is 0 Å². The van der Waals surface area contributed by atoms with E-state index in [2.05, 4.69) is 0 Å². The number of hydrogen-bond donors (Lipinski definition) is 0. The highest BCUT2D eigenvalue weighted by Crippen LogP contribution is 2.18. The number of benzene rings is 1. The van der Waals surface area contributed by atoms with Gasteiger partial charge in [-0.25, -0.2) is 0 Å². The third kappa shape index (κ3) is 7.46. The lowest BCUT2D eigenvalue weighted by atomic mass is 10.2. The summed E-state index contributed by atoms with van der Waals surface area (Å²) in [6, 6.07) is 7.13. The average molecular weight is 379 g/mol. The van der Waals surface area contributed by atoms with Crippen molar-refractivity contribution in [3.63, 3.8) is 0 Å². The third-order valence-corrected chi connectivity index (χ3v) is 4.19. The summed E-state index contributed by atoms with van der Waals surface area (Å²) in [4.78, 5) is 25.9. The van der Waals surface area contributed by atoms with Crippen LogP contribution in [0.15, 0.2) is 24.3 Å². The predicted molar refractivity (Wildman–Crippen MR) is 99.9 cm³/mol. The Morgan fingerprint density at radius 1 is 1.11 bits per heavy atom. The molecular formula is C20H29NO6. The van der Waals surface area contributed by atoms with Crippen LogP contribution < -0.4 is 9.47 Å². The minimum atomic E-state index is -0.310. The molecule has 1 atom stereocenters. The van der Waals surface area contributed by atoms with Gasteiger partial charge in [-0.2, -0.15) is 0 Å². The number of rotatable bonds is 11. The van der Waals surface area contributed by atoms with Crippen LogP contribution in [0.3, 0.4) is 0 Å². The molecule has 1 aromatic rings. The normalized spacial score (nSPS) is 16.0. The quantitative estimate of drug-likeness (QED) is 0.550. The van der Waals surface area contributed by atoms with Crippen LogP contribution in [0.25, 0.3) is 0 Å². The van der Waals surface area contributed by atoms with Crippen LogP contribution in [0.5, 0.6) is 11.5 Å². The minimum Gasteiger partial charge on any atom is -0.494 e. The van der Waals surface area contributed by atoms with Gasteiger partial charge in [0.2, 0.25) is 0 Å². The van der Waals surface area contributed by atoms with Crippen molar-refractivity contribution in [3.05, 3.63) is 24.3 Å². The zero-order chi connectivity index (χ0) is 19.5. The number of hydrogen-bond acceptors (Lipinski definition) is 6. The van der Waals surface area contributed by atoms with Gasteiger partial charge in [0, 0.05) is 19.7 Å². The number of amides is 1. The molecule has 7 heteroatoms. The molecule has 150 valence electrons. The fourth-order valence-corrected chi connectivity index (χ4v) is 2.85. The van der Waals surface area contributed by atoms with Crippen molar-refractivity contribution < 1.29 is 28.5 Å². The Kier molecular flexibility index (Phi) is 8.91. The van der Waals surface area contributed by atoms with E-state index < -0.39 is 0 Å². The van der Waals surface area contributed by atoms with E-state index in [1.807, 2.05) is 6.92 Å². The van der Waals surface area contributed by atoms with Gasteiger partial charge in [0.15, 0.2) is 6.61 Å². The Balaban J connectivity index is 1.87. The van der Waals surface area contributed by atoms with E-state index in [0.29, 0.717) is 38.7 Å². The fraction of sp³-hybridized carbons (Fsp3) is 0.600. The number of ether oxygens (including phenoxy) is 4. The lowest BCUT2D eigenvalue weighted by Crippen LogP contribution is -2.41. The molecule has 0 radical (unpaired) electrons. The molecular weight excluding hydrogens is 350 g/mol. The van der Waals surface area contributed by atoms with Crippen LogP contribution in [0.2, 0.25) is 0 Å². The molecule has 0 saturated carbocycles. The Hall–Kier alpha value is -2.28. The van der Waals surface area contributed by atoms with E-state index in [0.717, 1.165) is 18.6 Å². The molecule has 1 aliphatic rings. The monoisotopic (exact) mass is 379 g/mol. The molecule has 1 unspecified atom stereocenters. The molecule has 0 aliphatic carbocycles. The van der Waals surface area contributed by atoms with Gasteiger partial charge < -0.3 is 23.8 Å². The molecule has 1 fully saturated rings. The molecule has 0 aromatic heterocycles. The van der Waals surface area contributed by atoms with E-state index in [9.17, 15) is 9.59 Å². The van der Waals surface area contributed by atoms with E-state index in [4.69, 9.17) is 18.9 Å². The molecule has 1 aliphatic heterocycles. The first-order chi connectivity index (χ1) is 13.1. The summed E-state index contributed by atoms with van der Waals surface area (Å²) >= 11 is 0. The standard InChI is InChI=1S/C20H29NO6/c1-3-24-16-7-9-17(10-8-16)27-15-19(22)21(12-11-20(23)25-4-2)14-18-6-5-13-26-18/h7-10,18H,3-6,11-15H2,1-2H3. The highest BCUT2D eigenvalue weighted by Gasteiger charge is 2.23. The van der Waals surface area contributed by atoms with Crippen LogP contribution in [0.1, 0.15) is 33.1 Å². The highest BCUT2D eigenvalue weighted by atomic mass is 16.5. The number of carbonyl (C=O) groups is 2. The minimum absolute atomic E-state index is 0.0154. The van der Waals surface area contributed by atoms with Crippen molar-refractivity contribution in [1.82, 2.24) is 4.90 Å². The van der Waals surface area contributed by atoms with E-state index in [-0.39, 0.29) is 31.0 Å². The predicted octanol–water partition coefficient (Wildman–Crippen LogP) is 2.42. The first kappa shape index (κ1) is 21.0. The maximum absolute atomic E-state index is 12.6. The maximum Gasteiger partial charge on any atom is 0.307 e. The van der Waals surface area contributed by atoms with Gasteiger partial charge >= 0.3 is 5.97 Å². The van der Waals surface area contributed by atoms with Crippen molar-refractivity contribution in [2.75, 3.05) is 39.5 Å². The van der Waals surface area contributed by atoms with Gasteiger partial charge in [-0.05, 0) is 51.0 Å². The smallest absolute Gasteiger partial charge is 0.307 e. The van der Waals surface area contributed by atoms with E-state index in [1.54, 1.807) is 36.1 Å². The van der Waals surface area contributed by atoms with Crippen LogP contribution >= 0.6 is 0 Å². The highest BCUT2D eigenvalue weighted by molar-refractivity contribution is 5.78. The summed E-state index contributed by atoms with van der Waals surface area (Å²) in [6.07, 6.45) is 2.09. The van der Waals surface area contributed by atoms with Crippen molar-refractivity contribution >= 4 is 11.9 Å². The SMILES string of the molecule is CCOC(=O)CCN(CC1CCCO1)C(=O)COc1ccc(OCC)cc1. The first-order valence-electron chi connectivity index (χ1n) is 9.53. The van der Waals surface area contributed by atoms with Crippen molar-refractivity contribution in [2.45, 2.75) is 39.2 Å². The summed E-state index contributed by atoms with van der Waals surface area (Å²) in [5.41, 5.74) is 0. The zero-order valence-corrected chi connectivity index (χ0v) is 16.1. The van der Waals surface area contributed by atoms with Crippen molar-refractivity contribution in [1.29, 1.82) is 0 Å². The molecule has 27 heavy (non-hydrogen) atoms. The van der Waals surface area contributed by atoms with Crippen LogP contribution in [-0.4, -0.2) is 62.4 Å². The summed E-state index contributed by atoms with van der Waals surface area (Å²) in [7, 11) is 0. The summed E-state index contributed by atoms with van der Waals surface area (Å²) in [6.45, 7) is 5.99. The topological polar surface area (TPSA) is 74.3 Å². The summed E-state index contributed by atoms with van der Waals surface area (Å²) < 4.78 is 21.6. The van der Waals surface area contributed by atoms with Gasteiger partial charge in [0.1, 0.15) is 11.5 Å². The molecule has 0 spiro atoms. The number of esters is 1. The van der Waals surface area contributed by atoms with Gasteiger partial charge in [-0.1, -0.05) is 0 Å². The summed E-state index contributed by atoms with van der Waals surface area (Å²) in [5, 5.41) is 0. The second kappa shape index (κ2) is 11.4. The first-order valence-corrected chi connectivity index (χ1v) is 9.53. The van der Waals surface area contributed by atoms with Crippen LogP contribution in [-0.2, 0) is 19.1 Å². The maximum atomic E-state index is 12.6. The Morgan fingerprint density at radius 2 is 1.81 bits per heavy atom. The third-order valence-electron chi connectivity index (χ3n) is 4.19. The molecule has 1 heterocycles. The largest absolute Gasteiger partial charge is 0.494 e. The molecule has 2 rings (SSSR count). The Morgan fingerprint density at radius 3 is 2.41 bits per heavy atom. The van der Waals surface area contributed by atoms with E-state index in [1.165, 1.54) is 0 Å². The van der Waals surface area contributed by atoms with Crippen molar-refractivity contribution in [3.8, 4) is 11.5 Å². The average Bonchev–Trinajstić information content (AvgIpc) is 3.18. The molecule has 0 N–H and O–H groups in total. The van der Waals surface area contributed by atoms with Crippen LogP contribution in [0.4, 0.5) is 0 Å². The van der Waals surface area contributed by atoms with E-state index >= 15 is 0 Å². The number of carbonyl (C=O) groups excluding carboxylic acids is 2. The zero-order valence-electron chi connectivity index (χ0n) is 16.1.